The van der Waals surface area contributed by atoms with Crippen LogP contribution < -0.4 is 4.74 Å². The summed E-state index contributed by atoms with van der Waals surface area (Å²) in [4.78, 5) is 15.7. The molecule has 0 spiro atoms. The summed E-state index contributed by atoms with van der Waals surface area (Å²) in [6, 6.07) is 5.16. The number of pyridine rings is 1. The second-order valence-electron chi connectivity index (χ2n) is 3.14. The van der Waals surface area contributed by atoms with E-state index in [1.807, 2.05) is 11.4 Å². The summed E-state index contributed by atoms with van der Waals surface area (Å²) in [6.07, 6.45) is 1.43. The number of halogens is 1. The summed E-state index contributed by atoms with van der Waals surface area (Å²) in [5.74, 6) is -0.814. The Balaban J connectivity index is 2.14. The molecule has 0 atom stereocenters. The Hall–Kier alpha value is -1.40. The highest BCUT2D eigenvalue weighted by atomic mass is 79.9. The van der Waals surface area contributed by atoms with Crippen molar-refractivity contribution in [2.45, 2.75) is 6.61 Å². The molecule has 1 N–H and O–H groups in total. The van der Waals surface area contributed by atoms with Crippen molar-refractivity contribution in [3.63, 3.8) is 0 Å². The molecule has 0 radical (unpaired) electrons. The van der Waals surface area contributed by atoms with Crippen LogP contribution in [0.1, 0.15) is 15.4 Å². The van der Waals surface area contributed by atoms with Gasteiger partial charge in [0.1, 0.15) is 6.61 Å². The number of aromatic nitrogens is 1. The van der Waals surface area contributed by atoms with Crippen molar-refractivity contribution in [2.24, 2.45) is 0 Å². The van der Waals surface area contributed by atoms with Crippen molar-refractivity contribution in [1.29, 1.82) is 0 Å². The quantitative estimate of drug-likeness (QED) is 0.941. The first kappa shape index (κ1) is 12.1. The zero-order chi connectivity index (χ0) is 12.3. The van der Waals surface area contributed by atoms with Gasteiger partial charge in [-0.15, -0.1) is 11.3 Å². The van der Waals surface area contributed by atoms with Crippen LogP contribution in [0.3, 0.4) is 0 Å². The van der Waals surface area contributed by atoms with Gasteiger partial charge in [0.2, 0.25) is 0 Å². The smallest absolute Gasteiger partial charge is 0.358 e. The van der Waals surface area contributed by atoms with Crippen LogP contribution in [-0.2, 0) is 6.61 Å². The third-order valence-electron chi connectivity index (χ3n) is 2.02. The van der Waals surface area contributed by atoms with Crippen LogP contribution in [0.25, 0.3) is 0 Å². The molecule has 88 valence electrons. The standard InChI is InChI=1S/C11H8BrNO3S/c12-7-3-5-17-9(7)6-16-8-2-1-4-13-10(8)11(14)15/h1-5H,6H2,(H,14,15). The van der Waals surface area contributed by atoms with Crippen LogP contribution in [0.5, 0.6) is 5.75 Å². The monoisotopic (exact) mass is 313 g/mol. The molecule has 2 heterocycles. The van der Waals surface area contributed by atoms with Crippen molar-refractivity contribution < 1.29 is 14.6 Å². The first-order valence-corrected chi connectivity index (χ1v) is 6.38. The van der Waals surface area contributed by atoms with Gasteiger partial charge in [-0.1, -0.05) is 0 Å². The van der Waals surface area contributed by atoms with Gasteiger partial charge < -0.3 is 9.84 Å². The van der Waals surface area contributed by atoms with Gasteiger partial charge in [-0.25, -0.2) is 9.78 Å². The van der Waals surface area contributed by atoms with Crippen LogP contribution in [0.15, 0.2) is 34.2 Å². The predicted octanol–water partition coefficient (Wildman–Crippen LogP) is 3.18. The molecular weight excluding hydrogens is 306 g/mol. The van der Waals surface area contributed by atoms with E-state index < -0.39 is 5.97 Å². The molecule has 17 heavy (non-hydrogen) atoms. The minimum Gasteiger partial charge on any atom is -0.485 e. The minimum atomic E-state index is -1.09. The van der Waals surface area contributed by atoms with Crippen LogP contribution in [0.4, 0.5) is 0 Å². The molecule has 0 fully saturated rings. The van der Waals surface area contributed by atoms with Gasteiger partial charge >= 0.3 is 5.97 Å². The maximum Gasteiger partial charge on any atom is 0.358 e. The number of nitrogens with zero attached hydrogens (tertiary/aromatic N) is 1. The number of hydrogen-bond acceptors (Lipinski definition) is 4. The van der Waals surface area contributed by atoms with Gasteiger partial charge in [0.25, 0.3) is 0 Å². The lowest BCUT2D eigenvalue weighted by Gasteiger charge is -2.07. The van der Waals surface area contributed by atoms with E-state index in [-0.39, 0.29) is 11.4 Å². The van der Waals surface area contributed by atoms with Gasteiger partial charge in [-0.2, -0.15) is 0 Å². The van der Waals surface area contributed by atoms with Crippen LogP contribution in [0.2, 0.25) is 0 Å². The Morgan fingerprint density at radius 3 is 3.00 bits per heavy atom. The van der Waals surface area contributed by atoms with Crippen molar-refractivity contribution in [1.82, 2.24) is 4.98 Å². The number of hydrogen-bond donors (Lipinski definition) is 1. The molecule has 2 rings (SSSR count). The average Bonchev–Trinajstić information content (AvgIpc) is 2.72. The Morgan fingerprint density at radius 1 is 1.53 bits per heavy atom. The van der Waals surface area contributed by atoms with E-state index in [0.717, 1.165) is 9.35 Å². The predicted molar refractivity (Wildman–Crippen MR) is 67.5 cm³/mol. The molecular formula is C11H8BrNO3S. The second-order valence-corrected chi connectivity index (χ2v) is 4.99. The van der Waals surface area contributed by atoms with Crippen LogP contribution in [-0.4, -0.2) is 16.1 Å². The highest BCUT2D eigenvalue weighted by Crippen LogP contribution is 2.25. The molecule has 0 saturated heterocycles. The zero-order valence-corrected chi connectivity index (χ0v) is 11.0. The van der Waals surface area contributed by atoms with Gasteiger partial charge in [-0.3, -0.25) is 0 Å². The Morgan fingerprint density at radius 2 is 2.35 bits per heavy atom. The van der Waals surface area contributed by atoms with Crippen molar-refractivity contribution in [3.8, 4) is 5.75 Å². The summed E-state index contributed by atoms with van der Waals surface area (Å²) in [7, 11) is 0. The third-order valence-corrected chi connectivity index (χ3v) is 3.92. The lowest BCUT2D eigenvalue weighted by atomic mass is 10.3. The fraction of sp³-hybridized carbons (Fsp3) is 0.0909. The molecule has 6 heteroatoms. The summed E-state index contributed by atoms with van der Waals surface area (Å²) in [6.45, 7) is 0.324. The highest BCUT2D eigenvalue weighted by Gasteiger charge is 2.12. The summed E-state index contributed by atoms with van der Waals surface area (Å²) in [5.41, 5.74) is -0.0693. The fourth-order valence-corrected chi connectivity index (χ4v) is 2.62. The highest BCUT2D eigenvalue weighted by molar-refractivity contribution is 9.10. The van der Waals surface area contributed by atoms with Gasteiger partial charge in [-0.05, 0) is 39.5 Å². The van der Waals surface area contributed by atoms with Gasteiger partial charge in [0, 0.05) is 10.7 Å². The Bertz CT molecular complexity index is 541. The molecule has 2 aromatic rings. The minimum absolute atomic E-state index is 0.0693. The largest absolute Gasteiger partial charge is 0.485 e. The average molecular weight is 314 g/mol. The summed E-state index contributed by atoms with van der Waals surface area (Å²) < 4.78 is 6.42. The molecule has 0 amide bonds. The van der Waals surface area contributed by atoms with Gasteiger partial charge in [0.05, 0.1) is 4.88 Å². The summed E-state index contributed by atoms with van der Waals surface area (Å²) in [5, 5.41) is 10.9. The number of ether oxygens (including phenoxy) is 1. The van der Waals surface area contributed by atoms with Gasteiger partial charge in [0.15, 0.2) is 11.4 Å². The second kappa shape index (κ2) is 5.29. The lowest BCUT2D eigenvalue weighted by Crippen LogP contribution is -2.05. The SMILES string of the molecule is O=C(O)c1ncccc1OCc1sccc1Br. The number of thiophene rings is 1. The maximum atomic E-state index is 10.9. The van der Waals surface area contributed by atoms with Crippen molar-refractivity contribution in [2.75, 3.05) is 0 Å². The van der Waals surface area contributed by atoms with E-state index in [4.69, 9.17) is 9.84 Å². The molecule has 0 aliphatic rings. The first-order valence-electron chi connectivity index (χ1n) is 4.71. The molecule has 0 aliphatic carbocycles. The zero-order valence-electron chi connectivity index (χ0n) is 8.59. The van der Waals surface area contributed by atoms with E-state index in [2.05, 4.69) is 20.9 Å². The summed E-state index contributed by atoms with van der Waals surface area (Å²) >= 11 is 4.93. The van der Waals surface area contributed by atoms with E-state index in [9.17, 15) is 4.79 Å². The molecule has 0 unspecified atom stereocenters. The topological polar surface area (TPSA) is 59.4 Å². The fourth-order valence-electron chi connectivity index (χ4n) is 1.24. The maximum absolute atomic E-state index is 10.9. The molecule has 4 nitrogen and oxygen atoms in total. The molecule has 0 aliphatic heterocycles. The van der Waals surface area contributed by atoms with Crippen LogP contribution >= 0.6 is 27.3 Å². The number of carboxylic acids is 1. The molecule has 0 aromatic carbocycles. The third kappa shape index (κ3) is 2.83. The normalized spacial score (nSPS) is 10.2. The lowest BCUT2D eigenvalue weighted by molar-refractivity contribution is 0.0685. The Kier molecular flexibility index (Phi) is 3.75. The van der Waals surface area contributed by atoms with Crippen molar-refractivity contribution in [3.05, 3.63) is 44.8 Å². The van der Waals surface area contributed by atoms with E-state index in [0.29, 0.717) is 6.61 Å². The first-order chi connectivity index (χ1) is 8.18. The number of carboxylic acid groups (broad SMARTS) is 1. The number of rotatable bonds is 4. The molecule has 0 saturated carbocycles. The number of carbonyl (C=O) groups is 1. The van der Waals surface area contributed by atoms with Crippen LogP contribution in [0, 0.1) is 0 Å². The Labute approximate surface area is 110 Å². The molecule has 2 aromatic heterocycles. The van der Waals surface area contributed by atoms with E-state index in [1.54, 1.807) is 23.5 Å². The van der Waals surface area contributed by atoms with E-state index >= 15 is 0 Å². The number of aromatic carboxylic acids is 1. The van der Waals surface area contributed by atoms with E-state index in [1.165, 1.54) is 6.20 Å². The molecule has 0 bridgehead atoms. The van der Waals surface area contributed by atoms with Crippen molar-refractivity contribution >= 4 is 33.2 Å².